The molecule has 0 bridgehead atoms. The van der Waals surface area contributed by atoms with Crippen LogP contribution in [0.5, 0.6) is 0 Å². The van der Waals surface area contributed by atoms with Crippen LogP contribution in [-0.4, -0.2) is 23.8 Å². The molecule has 1 aromatic rings. The molecule has 0 spiro atoms. The highest BCUT2D eigenvalue weighted by Crippen LogP contribution is 1.99. The van der Waals surface area contributed by atoms with Gasteiger partial charge in [0.05, 0.1) is 0 Å². The molecule has 1 rings (SSSR count). The molecule has 6 heteroatoms. The zero-order valence-corrected chi connectivity index (χ0v) is 6.95. The SMILES string of the molecule is O=S(=O)(O)CNc1ccccn1. The lowest BCUT2D eigenvalue weighted by Gasteiger charge is -2.00. The van der Waals surface area contributed by atoms with Gasteiger partial charge in [-0.25, -0.2) is 4.98 Å². The van der Waals surface area contributed by atoms with E-state index in [0.29, 0.717) is 5.82 Å². The predicted molar refractivity (Wildman–Crippen MR) is 44.3 cm³/mol. The number of anilines is 1. The summed E-state index contributed by atoms with van der Waals surface area (Å²) in [5.41, 5.74) is 0. The van der Waals surface area contributed by atoms with E-state index in [1.54, 1.807) is 18.2 Å². The van der Waals surface area contributed by atoms with Crippen LogP contribution in [0.4, 0.5) is 5.82 Å². The second-order valence-corrected chi connectivity index (χ2v) is 3.57. The maximum absolute atomic E-state index is 10.3. The van der Waals surface area contributed by atoms with E-state index in [2.05, 4.69) is 10.3 Å². The number of aromatic nitrogens is 1. The lowest BCUT2D eigenvalue weighted by molar-refractivity contribution is 0.485. The molecule has 0 aromatic carbocycles. The fraction of sp³-hybridized carbons (Fsp3) is 0.167. The zero-order chi connectivity index (χ0) is 9.03. The normalized spacial score (nSPS) is 11.1. The van der Waals surface area contributed by atoms with Crippen molar-refractivity contribution in [2.24, 2.45) is 0 Å². The van der Waals surface area contributed by atoms with Gasteiger partial charge >= 0.3 is 0 Å². The van der Waals surface area contributed by atoms with Crippen molar-refractivity contribution >= 4 is 15.9 Å². The molecule has 0 amide bonds. The molecule has 0 aliphatic carbocycles. The molecule has 2 N–H and O–H groups in total. The Balaban J connectivity index is 2.56. The Morgan fingerprint density at radius 3 is 2.75 bits per heavy atom. The molecular weight excluding hydrogens is 180 g/mol. The van der Waals surface area contributed by atoms with Crippen LogP contribution < -0.4 is 5.32 Å². The van der Waals surface area contributed by atoms with Gasteiger partial charge in [-0.15, -0.1) is 0 Å². The van der Waals surface area contributed by atoms with E-state index in [0.717, 1.165) is 0 Å². The van der Waals surface area contributed by atoms with E-state index in [4.69, 9.17) is 4.55 Å². The predicted octanol–water partition coefficient (Wildman–Crippen LogP) is 0.339. The highest BCUT2D eigenvalue weighted by Gasteiger charge is 2.02. The molecule has 0 aliphatic rings. The summed E-state index contributed by atoms with van der Waals surface area (Å²) in [6.45, 7) is 0. The van der Waals surface area contributed by atoms with Crippen LogP contribution in [0.15, 0.2) is 24.4 Å². The Bertz CT molecular complexity index is 335. The molecule has 0 atom stereocenters. The summed E-state index contributed by atoms with van der Waals surface area (Å²) in [5, 5.41) is 2.44. The monoisotopic (exact) mass is 188 g/mol. The van der Waals surface area contributed by atoms with Crippen LogP contribution in [0.25, 0.3) is 0 Å². The maximum Gasteiger partial charge on any atom is 0.283 e. The van der Waals surface area contributed by atoms with E-state index in [1.807, 2.05) is 0 Å². The molecule has 5 nitrogen and oxygen atoms in total. The summed E-state index contributed by atoms with van der Waals surface area (Å²) in [7, 11) is -3.97. The van der Waals surface area contributed by atoms with E-state index in [-0.39, 0.29) is 0 Å². The molecule has 66 valence electrons. The van der Waals surface area contributed by atoms with Gasteiger partial charge in [0.25, 0.3) is 10.1 Å². The Morgan fingerprint density at radius 2 is 2.25 bits per heavy atom. The Morgan fingerprint density at radius 1 is 1.50 bits per heavy atom. The number of nitrogens with zero attached hydrogens (tertiary/aromatic N) is 1. The van der Waals surface area contributed by atoms with Crippen LogP contribution in [0.2, 0.25) is 0 Å². The van der Waals surface area contributed by atoms with Crippen LogP contribution in [0.1, 0.15) is 0 Å². The molecule has 1 heterocycles. The van der Waals surface area contributed by atoms with Gasteiger partial charge in [-0.3, -0.25) is 4.55 Å². The Labute approximate surface area is 70.2 Å². The fourth-order valence-electron chi connectivity index (χ4n) is 0.632. The van der Waals surface area contributed by atoms with Gasteiger partial charge in [0.2, 0.25) is 0 Å². The lowest BCUT2D eigenvalue weighted by Crippen LogP contribution is -2.13. The van der Waals surface area contributed by atoms with E-state index < -0.39 is 16.0 Å². The fourth-order valence-corrected chi connectivity index (χ4v) is 0.963. The number of hydrogen-bond donors (Lipinski definition) is 2. The number of pyridine rings is 1. The molecular formula is C6H8N2O3S. The van der Waals surface area contributed by atoms with Crippen molar-refractivity contribution in [3.8, 4) is 0 Å². The molecule has 0 saturated heterocycles. The molecule has 1 aromatic heterocycles. The summed E-state index contributed by atoms with van der Waals surface area (Å²) in [4.78, 5) is 3.80. The largest absolute Gasteiger partial charge is 0.354 e. The maximum atomic E-state index is 10.3. The van der Waals surface area contributed by atoms with Crippen molar-refractivity contribution < 1.29 is 13.0 Å². The summed E-state index contributed by atoms with van der Waals surface area (Å²) in [5.74, 6) is -0.112. The third-order valence-electron chi connectivity index (χ3n) is 1.10. The second-order valence-electron chi connectivity index (χ2n) is 2.12. The van der Waals surface area contributed by atoms with Crippen LogP contribution in [0.3, 0.4) is 0 Å². The van der Waals surface area contributed by atoms with Crippen molar-refractivity contribution in [1.29, 1.82) is 0 Å². The van der Waals surface area contributed by atoms with Crippen LogP contribution >= 0.6 is 0 Å². The van der Waals surface area contributed by atoms with E-state index >= 15 is 0 Å². The molecule has 0 unspecified atom stereocenters. The minimum absolute atomic E-state index is 0.412. The van der Waals surface area contributed by atoms with Gasteiger partial charge < -0.3 is 5.32 Å². The summed E-state index contributed by atoms with van der Waals surface area (Å²) < 4.78 is 28.9. The van der Waals surface area contributed by atoms with Crippen LogP contribution in [0, 0.1) is 0 Å². The highest BCUT2D eigenvalue weighted by atomic mass is 32.2. The van der Waals surface area contributed by atoms with E-state index in [1.165, 1.54) is 6.20 Å². The lowest BCUT2D eigenvalue weighted by atomic mass is 10.5. The van der Waals surface area contributed by atoms with Gasteiger partial charge in [0.1, 0.15) is 11.7 Å². The summed E-state index contributed by atoms with van der Waals surface area (Å²) in [6.07, 6.45) is 1.52. The minimum atomic E-state index is -3.97. The zero-order valence-electron chi connectivity index (χ0n) is 6.14. The van der Waals surface area contributed by atoms with Crippen molar-refractivity contribution in [2.45, 2.75) is 0 Å². The van der Waals surface area contributed by atoms with Gasteiger partial charge in [0.15, 0.2) is 0 Å². The van der Waals surface area contributed by atoms with E-state index in [9.17, 15) is 8.42 Å². The molecule has 0 saturated carbocycles. The molecule has 0 aliphatic heterocycles. The van der Waals surface area contributed by atoms with Crippen molar-refractivity contribution in [1.82, 2.24) is 4.98 Å². The summed E-state index contributed by atoms with van der Waals surface area (Å²) in [6, 6.07) is 5.02. The quantitative estimate of drug-likeness (QED) is 0.668. The second kappa shape index (κ2) is 3.51. The van der Waals surface area contributed by atoms with Crippen molar-refractivity contribution in [3.05, 3.63) is 24.4 Å². The smallest absolute Gasteiger partial charge is 0.283 e. The Kier molecular flexibility index (Phi) is 2.61. The van der Waals surface area contributed by atoms with Gasteiger partial charge in [-0.05, 0) is 12.1 Å². The Hall–Kier alpha value is -1.14. The number of hydrogen-bond acceptors (Lipinski definition) is 4. The summed E-state index contributed by atoms with van der Waals surface area (Å²) >= 11 is 0. The molecule has 0 fully saturated rings. The number of rotatable bonds is 3. The first-order valence-electron chi connectivity index (χ1n) is 3.18. The first-order chi connectivity index (χ1) is 5.58. The average molecular weight is 188 g/mol. The minimum Gasteiger partial charge on any atom is -0.354 e. The number of nitrogens with one attached hydrogen (secondary N) is 1. The average Bonchev–Trinajstić information content (AvgIpc) is 2.02. The molecule has 0 radical (unpaired) electrons. The van der Waals surface area contributed by atoms with Gasteiger partial charge in [-0.1, -0.05) is 6.07 Å². The molecule has 12 heavy (non-hydrogen) atoms. The first-order valence-corrected chi connectivity index (χ1v) is 4.79. The third kappa shape index (κ3) is 3.31. The topological polar surface area (TPSA) is 79.3 Å². The van der Waals surface area contributed by atoms with Crippen LogP contribution in [-0.2, 0) is 10.1 Å². The van der Waals surface area contributed by atoms with Crippen molar-refractivity contribution in [2.75, 3.05) is 11.2 Å². The highest BCUT2D eigenvalue weighted by molar-refractivity contribution is 7.85. The third-order valence-corrected chi connectivity index (χ3v) is 1.61. The van der Waals surface area contributed by atoms with Gasteiger partial charge in [-0.2, -0.15) is 8.42 Å². The van der Waals surface area contributed by atoms with Gasteiger partial charge in [0, 0.05) is 6.20 Å². The van der Waals surface area contributed by atoms with Crippen molar-refractivity contribution in [3.63, 3.8) is 0 Å². The standard InChI is InChI=1S/C6H8N2O3S/c9-12(10,11)5-8-6-3-1-2-4-7-6/h1-4H,5H2,(H,7,8)(H,9,10,11). The first kappa shape index (κ1) is 8.95.